The molecule has 1 amide bonds. The fourth-order valence-corrected chi connectivity index (χ4v) is 3.93. The van der Waals surface area contributed by atoms with Gasteiger partial charge in [-0.3, -0.25) is 14.8 Å². The van der Waals surface area contributed by atoms with Gasteiger partial charge in [0.25, 0.3) is 0 Å². The average molecular weight is 449 g/mol. The topological polar surface area (TPSA) is 117 Å². The smallest absolute Gasteiger partial charge is 0.237 e. The number of hydrogen-bond donors (Lipinski definition) is 2. The number of rotatable bonds is 5. The molecule has 1 aliphatic heterocycles. The molecule has 0 aliphatic carbocycles. The summed E-state index contributed by atoms with van der Waals surface area (Å²) in [6.07, 6.45) is 1.45. The highest BCUT2D eigenvalue weighted by Gasteiger charge is 2.25. The number of nitrogens with one attached hydrogen (secondary N) is 1. The number of amides is 1. The minimum atomic E-state index is 0.0796. The van der Waals surface area contributed by atoms with E-state index in [0.29, 0.717) is 42.8 Å². The van der Waals surface area contributed by atoms with Crippen LogP contribution in [-0.2, 0) is 17.9 Å². The number of benzene rings is 2. The van der Waals surface area contributed by atoms with Gasteiger partial charge >= 0.3 is 0 Å². The Balaban J connectivity index is 1.20. The Morgan fingerprint density at radius 1 is 1.06 bits per heavy atom. The molecule has 0 unspecified atom stereocenters. The number of nitrogen functional groups attached to an aromatic ring is 1. The van der Waals surface area contributed by atoms with Gasteiger partial charge in [0.1, 0.15) is 18.0 Å². The largest absolute Gasteiger partial charge is 0.383 e. The normalized spacial score (nSPS) is 14.9. The van der Waals surface area contributed by atoms with E-state index in [2.05, 4.69) is 30.0 Å². The first-order chi connectivity index (χ1) is 15.5. The molecular weight excluding hydrogens is 428 g/mol. The molecule has 1 saturated heterocycles. The molecule has 3 heterocycles. The van der Waals surface area contributed by atoms with Crippen LogP contribution in [0.25, 0.3) is 22.3 Å². The fraction of sp³-hybridized carbons (Fsp3) is 0.227. The molecule has 2 aromatic heterocycles. The SMILES string of the molecule is Nc1ncnc2cc(CN3CCN(Cc4nc(-c5ccc(Cl)cc5)n[nH]4)CC3=O)ccc12. The first-order valence-electron chi connectivity index (χ1n) is 10.2. The van der Waals surface area contributed by atoms with Crippen LogP contribution in [0.4, 0.5) is 5.82 Å². The Morgan fingerprint density at radius 3 is 2.72 bits per heavy atom. The molecule has 1 aliphatic rings. The Labute approximate surface area is 189 Å². The van der Waals surface area contributed by atoms with Gasteiger partial charge in [-0.15, -0.1) is 0 Å². The van der Waals surface area contributed by atoms with Crippen LogP contribution in [0.5, 0.6) is 0 Å². The van der Waals surface area contributed by atoms with Crippen LogP contribution in [0.15, 0.2) is 48.8 Å². The van der Waals surface area contributed by atoms with Gasteiger partial charge in [0, 0.05) is 35.6 Å². The number of carbonyl (C=O) groups excluding carboxylic acids is 1. The van der Waals surface area contributed by atoms with Gasteiger partial charge in [0.15, 0.2) is 5.82 Å². The molecule has 0 spiro atoms. The number of hydrogen-bond acceptors (Lipinski definition) is 7. The van der Waals surface area contributed by atoms with Crippen molar-refractivity contribution in [3.8, 4) is 11.4 Å². The summed E-state index contributed by atoms with van der Waals surface area (Å²) in [7, 11) is 0. The van der Waals surface area contributed by atoms with Crippen LogP contribution in [0.2, 0.25) is 5.02 Å². The number of nitrogens with zero attached hydrogens (tertiary/aromatic N) is 6. The monoisotopic (exact) mass is 448 g/mol. The van der Waals surface area contributed by atoms with E-state index in [0.717, 1.165) is 34.4 Å². The van der Waals surface area contributed by atoms with Gasteiger partial charge in [-0.1, -0.05) is 17.7 Å². The van der Waals surface area contributed by atoms with Gasteiger partial charge in [-0.2, -0.15) is 5.10 Å². The fourth-order valence-electron chi connectivity index (χ4n) is 3.81. The first kappa shape index (κ1) is 20.3. The summed E-state index contributed by atoms with van der Waals surface area (Å²) in [6, 6.07) is 13.2. The second-order valence-electron chi connectivity index (χ2n) is 7.75. The third-order valence-corrected chi connectivity index (χ3v) is 5.76. The predicted molar refractivity (Wildman–Crippen MR) is 121 cm³/mol. The highest BCUT2D eigenvalue weighted by molar-refractivity contribution is 6.30. The molecule has 1 fully saturated rings. The van der Waals surface area contributed by atoms with E-state index in [1.165, 1.54) is 6.33 Å². The molecule has 32 heavy (non-hydrogen) atoms. The maximum atomic E-state index is 12.8. The van der Waals surface area contributed by atoms with Crippen molar-refractivity contribution >= 4 is 34.2 Å². The molecular formula is C22H21ClN8O. The summed E-state index contributed by atoms with van der Waals surface area (Å²) in [5.41, 5.74) is 8.58. The molecule has 9 nitrogen and oxygen atoms in total. The zero-order valence-electron chi connectivity index (χ0n) is 17.2. The highest BCUT2D eigenvalue weighted by atomic mass is 35.5. The van der Waals surface area contributed by atoms with E-state index in [1.54, 1.807) is 0 Å². The summed E-state index contributed by atoms with van der Waals surface area (Å²) in [5, 5.41) is 8.74. The minimum absolute atomic E-state index is 0.0796. The van der Waals surface area contributed by atoms with Gasteiger partial charge < -0.3 is 10.6 Å². The van der Waals surface area contributed by atoms with Crippen LogP contribution in [-0.4, -0.2) is 60.5 Å². The van der Waals surface area contributed by atoms with E-state index in [-0.39, 0.29) is 5.91 Å². The Hall–Kier alpha value is -3.56. The van der Waals surface area contributed by atoms with Crippen molar-refractivity contribution in [3.05, 3.63) is 65.2 Å². The molecule has 0 radical (unpaired) electrons. The quantitative estimate of drug-likeness (QED) is 0.481. The number of halogens is 1. The van der Waals surface area contributed by atoms with Gasteiger partial charge in [-0.05, 0) is 42.0 Å². The van der Waals surface area contributed by atoms with Crippen molar-refractivity contribution in [1.82, 2.24) is 34.9 Å². The first-order valence-corrected chi connectivity index (χ1v) is 10.6. The van der Waals surface area contributed by atoms with Crippen LogP contribution in [0.1, 0.15) is 11.4 Å². The van der Waals surface area contributed by atoms with Crippen molar-refractivity contribution in [2.45, 2.75) is 13.1 Å². The molecule has 5 rings (SSSR count). The van der Waals surface area contributed by atoms with Gasteiger partial charge in [0.05, 0.1) is 18.6 Å². The lowest BCUT2D eigenvalue weighted by atomic mass is 10.1. The number of anilines is 1. The minimum Gasteiger partial charge on any atom is -0.383 e. The molecule has 0 saturated carbocycles. The molecule has 10 heteroatoms. The maximum Gasteiger partial charge on any atom is 0.237 e. The summed E-state index contributed by atoms with van der Waals surface area (Å²) >= 11 is 5.94. The van der Waals surface area contributed by atoms with Crippen LogP contribution >= 0.6 is 11.6 Å². The summed E-state index contributed by atoms with van der Waals surface area (Å²) in [4.78, 5) is 29.5. The van der Waals surface area contributed by atoms with Crippen molar-refractivity contribution in [1.29, 1.82) is 0 Å². The lowest BCUT2D eigenvalue weighted by Gasteiger charge is -2.33. The van der Waals surface area contributed by atoms with E-state index < -0.39 is 0 Å². The zero-order valence-corrected chi connectivity index (χ0v) is 18.0. The van der Waals surface area contributed by atoms with E-state index in [4.69, 9.17) is 17.3 Å². The number of nitrogens with two attached hydrogens (primary N) is 1. The molecule has 162 valence electrons. The third-order valence-electron chi connectivity index (χ3n) is 5.51. The molecule has 0 atom stereocenters. The maximum absolute atomic E-state index is 12.8. The highest BCUT2D eigenvalue weighted by Crippen LogP contribution is 2.21. The zero-order chi connectivity index (χ0) is 22.1. The van der Waals surface area contributed by atoms with E-state index in [9.17, 15) is 4.79 Å². The summed E-state index contributed by atoms with van der Waals surface area (Å²) < 4.78 is 0. The molecule has 4 aromatic rings. The standard InChI is InChI=1S/C22H21ClN8O/c23-16-4-2-15(3-5-16)22-27-19(28-29-22)11-30-7-8-31(20(32)12-30)10-14-1-6-17-18(9-14)25-13-26-21(17)24/h1-6,9,13H,7-8,10-12H2,(H2,24,25,26)(H,27,28,29). The number of piperazine rings is 1. The number of H-pyrrole nitrogens is 1. The number of carbonyl (C=O) groups is 1. The Kier molecular flexibility index (Phi) is 5.42. The summed E-state index contributed by atoms with van der Waals surface area (Å²) in [6.45, 7) is 2.80. The lowest BCUT2D eigenvalue weighted by Crippen LogP contribution is -2.49. The van der Waals surface area contributed by atoms with Crippen LogP contribution < -0.4 is 5.73 Å². The molecule has 3 N–H and O–H groups in total. The third kappa shape index (κ3) is 4.25. The number of fused-ring (bicyclic) bond motifs is 1. The lowest BCUT2D eigenvalue weighted by molar-refractivity contribution is -0.136. The number of aromatic nitrogens is 5. The van der Waals surface area contributed by atoms with Crippen LogP contribution in [0, 0.1) is 0 Å². The van der Waals surface area contributed by atoms with Gasteiger partial charge in [-0.25, -0.2) is 15.0 Å². The Morgan fingerprint density at radius 2 is 1.91 bits per heavy atom. The Bertz CT molecular complexity index is 1270. The predicted octanol–water partition coefficient (Wildman–Crippen LogP) is 2.49. The van der Waals surface area contributed by atoms with E-state index >= 15 is 0 Å². The summed E-state index contributed by atoms with van der Waals surface area (Å²) in [5.74, 6) is 1.87. The van der Waals surface area contributed by atoms with Crippen molar-refractivity contribution in [3.63, 3.8) is 0 Å². The van der Waals surface area contributed by atoms with Crippen molar-refractivity contribution in [2.75, 3.05) is 25.4 Å². The second kappa shape index (κ2) is 8.52. The van der Waals surface area contributed by atoms with Crippen LogP contribution in [0.3, 0.4) is 0 Å². The molecule has 2 aromatic carbocycles. The molecule has 0 bridgehead atoms. The number of aromatic amines is 1. The second-order valence-corrected chi connectivity index (χ2v) is 8.19. The van der Waals surface area contributed by atoms with Gasteiger partial charge in [0.2, 0.25) is 5.91 Å². The van der Waals surface area contributed by atoms with Crippen molar-refractivity contribution < 1.29 is 4.79 Å². The van der Waals surface area contributed by atoms with E-state index in [1.807, 2.05) is 47.4 Å². The average Bonchev–Trinajstić information content (AvgIpc) is 3.25. The van der Waals surface area contributed by atoms with Crippen molar-refractivity contribution in [2.24, 2.45) is 0 Å².